The summed E-state index contributed by atoms with van der Waals surface area (Å²) < 4.78 is 10.6. The van der Waals surface area contributed by atoms with Crippen molar-refractivity contribution in [2.24, 2.45) is 5.41 Å². The molecule has 0 aromatic rings. The predicted molar refractivity (Wildman–Crippen MR) is 74.5 cm³/mol. The van der Waals surface area contributed by atoms with Gasteiger partial charge in [-0.3, -0.25) is 9.59 Å². The van der Waals surface area contributed by atoms with Crippen LogP contribution in [0.4, 0.5) is 0 Å². The lowest BCUT2D eigenvalue weighted by Gasteiger charge is -2.29. The molecule has 0 spiro atoms. The third kappa shape index (κ3) is 8.62. The van der Waals surface area contributed by atoms with Gasteiger partial charge in [0.1, 0.15) is 0 Å². The summed E-state index contributed by atoms with van der Waals surface area (Å²) in [4.78, 5) is 23.3. The second kappa shape index (κ2) is 8.94. The first-order chi connectivity index (χ1) is 8.81. The zero-order valence-electron chi connectivity index (χ0n) is 13.0. The zero-order chi connectivity index (χ0) is 14.9. The van der Waals surface area contributed by atoms with Crippen LogP contribution in [0.25, 0.3) is 0 Å². The summed E-state index contributed by atoms with van der Waals surface area (Å²) in [5, 5.41) is 0. The van der Waals surface area contributed by atoms with Crippen LogP contribution in [0.3, 0.4) is 0 Å². The summed E-state index contributed by atoms with van der Waals surface area (Å²) in [6.07, 6.45) is 3.39. The van der Waals surface area contributed by atoms with Gasteiger partial charge in [-0.2, -0.15) is 0 Å². The van der Waals surface area contributed by atoms with Crippen LogP contribution in [0.5, 0.6) is 0 Å². The molecule has 4 heteroatoms. The van der Waals surface area contributed by atoms with E-state index in [1.165, 1.54) is 0 Å². The number of rotatable bonds is 8. The maximum atomic E-state index is 11.6. The Kier molecular flexibility index (Phi) is 8.44. The van der Waals surface area contributed by atoms with Crippen LogP contribution in [-0.4, -0.2) is 18.2 Å². The number of hydrogen-bond acceptors (Lipinski definition) is 4. The van der Waals surface area contributed by atoms with Gasteiger partial charge in [0, 0.05) is 18.3 Å². The van der Waals surface area contributed by atoms with E-state index in [0.717, 1.165) is 25.7 Å². The molecule has 0 rings (SSSR count). The Morgan fingerprint density at radius 2 is 1.26 bits per heavy atom. The third-order valence-corrected chi connectivity index (χ3v) is 2.65. The summed E-state index contributed by atoms with van der Waals surface area (Å²) in [5.74, 6) is -0.602. The van der Waals surface area contributed by atoms with Crippen LogP contribution in [0.15, 0.2) is 0 Å². The van der Waals surface area contributed by atoms with E-state index >= 15 is 0 Å². The lowest BCUT2D eigenvalue weighted by atomic mass is 9.96. The van der Waals surface area contributed by atoms with Gasteiger partial charge >= 0.3 is 11.9 Å². The van der Waals surface area contributed by atoms with E-state index < -0.39 is 11.7 Å². The van der Waals surface area contributed by atoms with Crippen molar-refractivity contribution in [1.29, 1.82) is 0 Å². The first kappa shape index (κ1) is 17.9. The zero-order valence-corrected chi connectivity index (χ0v) is 13.0. The van der Waals surface area contributed by atoms with Crippen molar-refractivity contribution < 1.29 is 19.1 Å². The van der Waals surface area contributed by atoms with Crippen LogP contribution in [0, 0.1) is 5.41 Å². The van der Waals surface area contributed by atoms with Gasteiger partial charge in [0.15, 0.2) is 0 Å². The Bertz CT molecular complexity index is 256. The van der Waals surface area contributed by atoms with E-state index in [2.05, 4.69) is 0 Å². The second-order valence-corrected chi connectivity index (χ2v) is 5.88. The lowest BCUT2D eigenvalue weighted by Crippen LogP contribution is -2.36. The van der Waals surface area contributed by atoms with Gasteiger partial charge < -0.3 is 9.47 Å². The molecule has 0 aliphatic rings. The molecule has 0 bridgehead atoms. The molecule has 0 atom stereocenters. The van der Waals surface area contributed by atoms with Gasteiger partial charge in [-0.15, -0.1) is 0 Å². The number of esters is 2. The third-order valence-electron chi connectivity index (χ3n) is 2.65. The SMILES string of the molecule is CCCCC(=O)OC(OC(=O)CCCC)C(C)(C)C. The van der Waals surface area contributed by atoms with Crippen LogP contribution in [0.2, 0.25) is 0 Å². The van der Waals surface area contributed by atoms with Gasteiger partial charge in [-0.05, 0) is 12.8 Å². The standard InChI is InChI=1S/C15H28O4/c1-6-8-10-12(16)18-14(15(3,4)5)19-13(17)11-9-7-2/h14H,6-11H2,1-5H3. The van der Waals surface area contributed by atoms with Crippen LogP contribution < -0.4 is 0 Å². The Morgan fingerprint density at radius 3 is 1.53 bits per heavy atom. The molecule has 112 valence electrons. The fraction of sp³-hybridized carbons (Fsp3) is 0.867. The van der Waals surface area contributed by atoms with Gasteiger partial charge in [0.2, 0.25) is 0 Å². The van der Waals surface area contributed by atoms with E-state index in [1.807, 2.05) is 34.6 Å². The van der Waals surface area contributed by atoms with E-state index in [9.17, 15) is 9.59 Å². The smallest absolute Gasteiger partial charge is 0.308 e. The van der Waals surface area contributed by atoms with Gasteiger partial charge in [0.05, 0.1) is 0 Å². The molecule has 0 saturated heterocycles. The van der Waals surface area contributed by atoms with E-state index in [0.29, 0.717) is 12.8 Å². The summed E-state index contributed by atoms with van der Waals surface area (Å²) in [6.45, 7) is 9.69. The molecule has 0 radical (unpaired) electrons. The first-order valence-electron chi connectivity index (χ1n) is 7.20. The highest BCUT2D eigenvalue weighted by atomic mass is 16.7. The van der Waals surface area contributed by atoms with Crippen molar-refractivity contribution in [3.63, 3.8) is 0 Å². The van der Waals surface area contributed by atoms with E-state index in [-0.39, 0.29) is 11.9 Å². The fourth-order valence-electron chi connectivity index (χ4n) is 1.38. The van der Waals surface area contributed by atoms with Gasteiger partial charge in [-0.25, -0.2) is 0 Å². The van der Waals surface area contributed by atoms with Crippen molar-refractivity contribution in [3.05, 3.63) is 0 Å². The van der Waals surface area contributed by atoms with Crippen LogP contribution in [0.1, 0.15) is 73.1 Å². The monoisotopic (exact) mass is 272 g/mol. The summed E-state index contributed by atoms with van der Waals surface area (Å²) in [5.41, 5.74) is -0.413. The number of carbonyl (C=O) groups is 2. The molecule has 0 heterocycles. The highest BCUT2D eigenvalue weighted by Crippen LogP contribution is 2.24. The Labute approximate surface area is 116 Å². The predicted octanol–water partition coefficient (Wildman–Crippen LogP) is 3.83. The maximum absolute atomic E-state index is 11.6. The molecule has 4 nitrogen and oxygen atoms in total. The van der Waals surface area contributed by atoms with E-state index in [1.54, 1.807) is 0 Å². The normalized spacial score (nSPS) is 11.5. The molecule has 19 heavy (non-hydrogen) atoms. The molecule has 0 aliphatic carbocycles. The highest BCUT2D eigenvalue weighted by Gasteiger charge is 2.31. The fourth-order valence-corrected chi connectivity index (χ4v) is 1.38. The molecule has 0 aromatic carbocycles. The number of hydrogen-bond donors (Lipinski definition) is 0. The minimum atomic E-state index is -0.804. The summed E-state index contributed by atoms with van der Waals surface area (Å²) in [6, 6.07) is 0. The summed E-state index contributed by atoms with van der Waals surface area (Å²) >= 11 is 0. The second-order valence-electron chi connectivity index (χ2n) is 5.88. The minimum absolute atomic E-state index is 0.301. The maximum Gasteiger partial charge on any atom is 0.308 e. The van der Waals surface area contributed by atoms with Gasteiger partial charge in [0.25, 0.3) is 6.29 Å². The molecule has 0 amide bonds. The molecular formula is C15H28O4. The van der Waals surface area contributed by atoms with E-state index in [4.69, 9.17) is 9.47 Å². The number of ether oxygens (including phenoxy) is 2. The molecule has 0 saturated carbocycles. The molecule has 0 aliphatic heterocycles. The van der Waals surface area contributed by atoms with Crippen molar-refractivity contribution in [2.75, 3.05) is 0 Å². The first-order valence-corrected chi connectivity index (χ1v) is 7.20. The van der Waals surface area contributed by atoms with Crippen molar-refractivity contribution in [1.82, 2.24) is 0 Å². The Morgan fingerprint density at radius 1 is 0.895 bits per heavy atom. The average Bonchev–Trinajstić information content (AvgIpc) is 2.31. The Hall–Kier alpha value is -1.06. The topological polar surface area (TPSA) is 52.6 Å². The van der Waals surface area contributed by atoms with Crippen LogP contribution >= 0.6 is 0 Å². The van der Waals surface area contributed by atoms with Crippen molar-refractivity contribution in [3.8, 4) is 0 Å². The summed E-state index contributed by atoms with van der Waals surface area (Å²) in [7, 11) is 0. The quantitative estimate of drug-likeness (QED) is 0.498. The molecule has 0 fully saturated rings. The average molecular weight is 272 g/mol. The van der Waals surface area contributed by atoms with Gasteiger partial charge in [-0.1, -0.05) is 47.5 Å². The largest absolute Gasteiger partial charge is 0.425 e. The molecular weight excluding hydrogens is 244 g/mol. The highest BCUT2D eigenvalue weighted by molar-refractivity contribution is 5.71. The van der Waals surface area contributed by atoms with Crippen LogP contribution in [-0.2, 0) is 19.1 Å². The van der Waals surface area contributed by atoms with Crippen molar-refractivity contribution >= 4 is 11.9 Å². The molecule has 0 N–H and O–H groups in total. The number of unbranched alkanes of at least 4 members (excludes halogenated alkanes) is 2. The lowest BCUT2D eigenvalue weighted by molar-refractivity contribution is -0.207. The van der Waals surface area contributed by atoms with Crippen molar-refractivity contribution in [2.45, 2.75) is 79.4 Å². The molecule has 0 aromatic heterocycles. The minimum Gasteiger partial charge on any atom is -0.425 e. The Balaban J connectivity index is 4.40. The molecule has 0 unspecified atom stereocenters. The number of carbonyl (C=O) groups excluding carboxylic acids is 2.